The van der Waals surface area contributed by atoms with Crippen LogP contribution in [0.1, 0.15) is 18.5 Å². The maximum Gasteiger partial charge on any atom is 0.271 e. The molecule has 0 N–H and O–H groups in total. The molecular formula is C18H19F2N3O2. The smallest absolute Gasteiger partial charge is 0.271 e. The van der Waals surface area contributed by atoms with Crippen LogP contribution in [0.4, 0.5) is 20.2 Å². The van der Waals surface area contributed by atoms with E-state index in [2.05, 4.69) is 0 Å². The molecule has 1 atom stereocenters. The first-order valence-corrected chi connectivity index (χ1v) is 8.14. The number of benzene rings is 2. The van der Waals surface area contributed by atoms with Crippen molar-refractivity contribution in [2.75, 3.05) is 31.1 Å². The zero-order valence-corrected chi connectivity index (χ0v) is 13.9. The monoisotopic (exact) mass is 347 g/mol. The van der Waals surface area contributed by atoms with Crippen molar-refractivity contribution in [3.8, 4) is 0 Å². The van der Waals surface area contributed by atoms with E-state index in [4.69, 9.17) is 0 Å². The fourth-order valence-electron chi connectivity index (χ4n) is 3.26. The predicted molar refractivity (Wildman–Crippen MR) is 91.7 cm³/mol. The molecule has 2 aromatic carbocycles. The lowest BCUT2D eigenvalue weighted by Gasteiger charge is -2.39. The van der Waals surface area contributed by atoms with E-state index < -0.39 is 16.6 Å². The first-order chi connectivity index (χ1) is 12.0. The number of anilines is 1. The molecule has 0 aliphatic carbocycles. The molecule has 0 amide bonds. The molecule has 2 aromatic rings. The average molecular weight is 347 g/mol. The number of hydrogen-bond acceptors (Lipinski definition) is 4. The minimum absolute atomic E-state index is 0.0572. The lowest BCUT2D eigenvalue weighted by molar-refractivity contribution is -0.384. The standard InChI is InChI=1S/C18H19F2N3O2/c1-13(18-16(19)6-3-7-17(18)20)21-8-10-22(11-9-21)14-4-2-5-15(12-14)23(24)25/h2-7,12-13H,8-11H2,1H3. The van der Waals surface area contributed by atoms with Crippen LogP contribution >= 0.6 is 0 Å². The summed E-state index contributed by atoms with van der Waals surface area (Å²) in [5.74, 6) is -1.07. The van der Waals surface area contributed by atoms with Gasteiger partial charge in [-0.2, -0.15) is 0 Å². The van der Waals surface area contributed by atoms with Gasteiger partial charge in [-0.25, -0.2) is 8.78 Å². The van der Waals surface area contributed by atoms with E-state index in [1.54, 1.807) is 19.1 Å². The third kappa shape index (κ3) is 3.61. The van der Waals surface area contributed by atoms with E-state index >= 15 is 0 Å². The Balaban J connectivity index is 1.69. The maximum absolute atomic E-state index is 14.0. The van der Waals surface area contributed by atoms with E-state index in [0.29, 0.717) is 26.2 Å². The van der Waals surface area contributed by atoms with Crippen molar-refractivity contribution < 1.29 is 13.7 Å². The maximum atomic E-state index is 14.0. The SMILES string of the molecule is CC(c1c(F)cccc1F)N1CCN(c2cccc([N+](=O)[O-])c2)CC1. The fraction of sp³-hybridized carbons (Fsp3) is 0.333. The van der Waals surface area contributed by atoms with Crippen LogP contribution in [-0.2, 0) is 0 Å². The van der Waals surface area contributed by atoms with Crippen molar-refractivity contribution in [2.45, 2.75) is 13.0 Å². The molecule has 1 heterocycles. The van der Waals surface area contributed by atoms with Crippen molar-refractivity contribution >= 4 is 11.4 Å². The largest absolute Gasteiger partial charge is 0.369 e. The highest BCUT2D eigenvalue weighted by atomic mass is 19.1. The average Bonchev–Trinajstić information content (AvgIpc) is 2.61. The second-order valence-electron chi connectivity index (χ2n) is 6.11. The number of rotatable bonds is 4. The normalized spacial score (nSPS) is 16.7. The Bertz CT molecular complexity index is 756. The fourth-order valence-corrected chi connectivity index (χ4v) is 3.26. The van der Waals surface area contributed by atoms with Crippen molar-refractivity contribution in [3.63, 3.8) is 0 Å². The van der Waals surface area contributed by atoms with Crippen molar-refractivity contribution in [3.05, 3.63) is 69.8 Å². The number of non-ortho nitro benzene ring substituents is 1. The molecule has 1 aliphatic rings. The zero-order chi connectivity index (χ0) is 18.0. The summed E-state index contributed by atoms with van der Waals surface area (Å²) < 4.78 is 28.0. The summed E-state index contributed by atoms with van der Waals surface area (Å²) in [4.78, 5) is 14.6. The van der Waals surface area contributed by atoms with Crippen molar-refractivity contribution in [1.82, 2.24) is 4.90 Å². The van der Waals surface area contributed by atoms with Gasteiger partial charge in [0.25, 0.3) is 5.69 Å². The van der Waals surface area contributed by atoms with Gasteiger partial charge in [-0.1, -0.05) is 12.1 Å². The highest BCUT2D eigenvalue weighted by molar-refractivity contribution is 5.53. The second kappa shape index (κ2) is 7.14. The number of piperazine rings is 1. The second-order valence-corrected chi connectivity index (χ2v) is 6.11. The van der Waals surface area contributed by atoms with E-state index in [1.807, 2.05) is 15.9 Å². The summed E-state index contributed by atoms with van der Waals surface area (Å²) >= 11 is 0. The summed E-state index contributed by atoms with van der Waals surface area (Å²) in [6.07, 6.45) is 0. The lowest BCUT2D eigenvalue weighted by Crippen LogP contribution is -2.47. The Morgan fingerprint density at radius 2 is 1.64 bits per heavy atom. The zero-order valence-electron chi connectivity index (χ0n) is 13.9. The minimum atomic E-state index is -0.534. The molecule has 5 nitrogen and oxygen atoms in total. The topological polar surface area (TPSA) is 49.6 Å². The first-order valence-electron chi connectivity index (χ1n) is 8.14. The van der Waals surface area contributed by atoms with Gasteiger partial charge in [0, 0.05) is 55.6 Å². The van der Waals surface area contributed by atoms with Crippen LogP contribution in [-0.4, -0.2) is 36.0 Å². The van der Waals surface area contributed by atoms with Gasteiger partial charge in [0.15, 0.2) is 0 Å². The number of nitro groups is 1. The number of nitro benzene ring substituents is 1. The van der Waals surface area contributed by atoms with Gasteiger partial charge in [0.1, 0.15) is 11.6 Å². The van der Waals surface area contributed by atoms with E-state index in [9.17, 15) is 18.9 Å². The van der Waals surface area contributed by atoms with Crippen LogP contribution in [0.3, 0.4) is 0 Å². The third-order valence-corrected chi connectivity index (χ3v) is 4.69. The molecule has 3 rings (SSSR count). The predicted octanol–water partition coefficient (Wildman–Crippen LogP) is 3.76. The number of halogens is 2. The summed E-state index contributed by atoms with van der Waals surface area (Å²) in [5, 5.41) is 10.9. The van der Waals surface area contributed by atoms with Crippen molar-refractivity contribution in [1.29, 1.82) is 0 Å². The Kier molecular flexibility index (Phi) is 4.94. The van der Waals surface area contributed by atoms with E-state index in [1.165, 1.54) is 24.3 Å². The van der Waals surface area contributed by atoms with Gasteiger partial charge in [0.2, 0.25) is 0 Å². The van der Waals surface area contributed by atoms with E-state index in [0.717, 1.165) is 5.69 Å². The molecule has 0 radical (unpaired) electrons. The van der Waals surface area contributed by atoms with Gasteiger partial charge in [0.05, 0.1) is 4.92 Å². The summed E-state index contributed by atoms with van der Waals surface area (Å²) in [6, 6.07) is 10.1. The summed E-state index contributed by atoms with van der Waals surface area (Å²) in [5.41, 5.74) is 0.937. The molecule has 0 bridgehead atoms. The molecule has 1 saturated heterocycles. The highest BCUT2D eigenvalue weighted by Gasteiger charge is 2.26. The molecule has 7 heteroatoms. The lowest BCUT2D eigenvalue weighted by atomic mass is 10.0. The first kappa shape index (κ1) is 17.3. The highest BCUT2D eigenvalue weighted by Crippen LogP contribution is 2.28. The van der Waals surface area contributed by atoms with Crippen LogP contribution in [0.15, 0.2) is 42.5 Å². The molecule has 132 valence electrons. The number of nitrogens with zero attached hydrogens (tertiary/aromatic N) is 3. The minimum Gasteiger partial charge on any atom is -0.369 e. The van der Waals surface area contributed by atoms with E-state index in [-0.39, 0.29) is 17.3 Å². The van der Waals surface area contributed by atoms with Crippen LogP contribution < -0.4 is 4.90 Å². The molecular weight excluding hydrogens is 328 g/mol. The summed E-state index contributed by atoms with van der Waals surface area (Å²) in [6.45, 7) is 4.32. The van der Waals surface area contributed by atoms with Gasteiger partial charge >= 0.3 is 0 Å². The Morgan fingerprint density at radius 3 is 2.24 bits per heavy atom. The van der Waals surface area contributed by atoms with Crippen LogP contribution in [0, 0.1) is 21.7 Å². The molecule has 1 fully saturated rings. The molecule has 1 unspecified atom stereocenters. The van der Waals surface area contributed by atoms with Crippen LogP contribution in [0.5, 0.6) is 0 Å². The Morgan fingerprint density at radius 1 is 1.04 bits per heavy atom. The summed E-state index contributed by atoms with van der Waals surface area (Å²) in [7, 11) is 0. The Hall–Kier alpha value is -2.54. The third-order valence-electron chi connectivity index (χ3n) is 4.69. The number of hydrogen-bond donors (Lipinski definition) is 0. The van der Waals surface area contributed by atoms with Gasteiger partial charge < -0.3 is 4.90 Å². The van der Waals surface area contributed by atoms with Gasteiger partial charge in [-0.15, -0.1) is 0 Å². The quantitative estimate of drug-likeness (QED) is 0.624. The Labute approximate surface area is 144 Å². The molecule has 0 saturated carbocycles. The van der Waals surface area contributed by atoms with Crippen molar-refractivity contribution in [2.24, 2.45) is 0 Å². The molecule has 25 heavy (non-hydrogen) atoms. The molecule has 0 spiro atoms. The van der Waals surface area contributed by atoms with Crippen LogP contribution in [0.2, 0.25) is 0 Å². The van der Waals surface area contributed by atoms with Gasteiger partial charge in [-0.05, 0) is 25.1 Å². The van der Waals surface area contributed by atoms with Gasteiger partial charge in [-0.3, -0.25) is 15.0 Å². The van der Waals surface area contributed by atoms with Crippen LogP contribution in [0.25, 0.3) is 0 Å². The molecule has 0 aromatic heterocycles. The molecule has 1 aliphatic heterocycles.